The molecule has 0 unspecified atom stereocenters. The van der Waals surface area contributed by atoms with Crippen LogP contribution in [0.1, 0.15) is 11.1 Å². The van der Waals surface area contributed by atoms with E-state index in [1.54, 1.807) is 36.5 Å². The summed E-state index contributed by atoms with van der Waals surface area (Å²) < 4.78 is 32.0. The number of hydrogen-bond acceptors (Lipinski definition) is 5. The maximum Gasteiger partial charge on any atom is 0.243 e. The molecule has 3 aromatic rings. The molecular weight excluding hydrogens is 388 g/mol. The summed E-state index contributed by atoms with van der Waals surface area (Å²) >= 11 is 0. The van der Waals surface area contributed by atoms with Gasteiger partial charge in [-0.05, 0) is 34.5 Å². The van der Waals surface area contributed by atoms with Crippen LogP contribution in [0.4, 0.5) is 0 Å². The van der Waals surface area contributed by atoms with E-state index in [9.17, 15) is 13.5 Å². The topological polar surface area (TPSA) is 79.2 Å². The van der Waals surface area contributed by atoms with E-state index in [1.165, 1.54) is 4.31 Å². The molecule has 0 aliphatic carbocycles. The Kier molecular flexibility index (Phi) is 5.62. The molecule has 0 spiro atoms. The van der Waals surface area contributed by atoms with Crippen molar-refractivity contribution in [2.45, 2.75) is 11.4 Å². The lowest BCUT2D eigenvalue weighted by Crippen LogP contribution is -2.40. The first-order chi connectivity index (χ1) is 14.1. The Morgan fingerprint density at radius 3 is 2.48 bits per heavy atom. The van der Waals surface area contributed by atoms with E-state index in [4.69, 9.17) is 4.74 Å². The van der Waals surface area contributed by atoms with E-state index in [1.807, 2.05) is 30.3 Å². The summed E-state index contributed by atoms with van der Waals surface area (Å²) in [6.07, 6.45) is 1.66. The third kappa shape index (κ3) is 4.17. The van der Waals surface area contributed by atoms with Crippen molar-refractivity contribution in [3.63, 3.8) is 0 Å². The molecular formula is C22H22N2O4S. The Morgan fingerprint density at radius 2 is 1.72 bits per heavy atom. The van der Waals surface area contributed by atoms with Gasteiger partial charge in [0.1, 0.15) is 5.75 Å². The second kappa shape index (κ2) is 8.32. The number of morpholine rings is 1. The molecule has 7 heteroatoms. The molecule has 0 aromatic heterocycles. The van der Waals surface area contributed by atoms with Crippen LogP contribution in [0.3, 0.4) is 0 Å². The summed E-state index contributed by atoms with van der Waals surface area (Å²) in [6.45, 7) is 1.99. The van der Waals surface area contributed by atoms with Gasteiger partial charge in [-0.15, -0.1) is 0 Å². The van der Waals surface area contributed by atoms with Crippen LogP contribution in [0.25, 0.3) is 10.8 Å². The van der Waals surface area contributed by atoms with Crippen molar-refractivity contribution in [1.29, 1.82) is 0 Å². The highest BCUT2D eigenvalue weighted by molar-refractivity contribution is 7.89. The van der Waals surface area contributed by atoms with Gasteiger partial charge < -0.3 is 9.84 Å². The maximum absolute atomic E-state index is 12.7. The zero-order valence-electron chi connectivity index (χ0n) is 15.9. The molecule has 0 amide bonds. The van der Waals surface area contributed by atoms with Crippen LogP contribution in [0, 0.1) is 0 Å². The molecule has 29 heavy (non-hydrogen) atoms. The van der Waals surface area contributed by atoms with E-state index >= 15 is 0 Å². The van der Waals surface area contributed by atoms with Gasteiger partial charge in [-0.2, -0.15) is 4.31 Å². The van der Waals surface area contributed by atoms with E-state index in [2.05, 4.69) is 4.99 Å². The van der Waals surface area contributed by atoms with Crippen LogP contribution in [-0.2, 0) is 21.3 Å². The number of rotatable bonds is 5. The number of benzene rings is 3. The number of aliphatic imine (C=N–C) groups is 1. The Balaban J connectivity index is 1.49. The first-order valence-electron chi connectivity index (χ1n) is 9.43. The number of fused-ring (bicyclic) bond motifs is 1. The van der Waals surface area contributed by atoms with E-state index in [0.29, 0.717) is 38.4 Å². The minimum Gasteiger partial charge on any atom is -0.507 e. The molecule has 0 bridgehead atoms. The van der Waals surface area contributed by atoms with Gasteiger partial charge in [0.15, 0.2) is 0 Å². The molecule has 0 atom stereocenters. The van der Waals surface area contributed by atoms with Crippen LogP contribution in [0.5, 0.6) is 5.75 Å². The van der Waals surface area contributed by atoms with Crippen molar-refractivity contribution < 1.29 is 18.3 Å². The molecule has 6 nitrogen and oxygen atoms in total. The zero-order chi connectivity index (χ0) is 20.3. The Hall–Kier alpha value is -2.74. The van der Waals surface area contributed by atoms with E-state index in [-0.39, 0.29) is 10.6 Å². The van der Waals surface area contributed by atoms with Gasteiger partial charge in [0.05, 0.1) is 24.7 Å². The number of hydrogen-bond donors (Lipinski definition) is 1. The number of ether oxygens (including phenoxy) is 1. The fourth-order valence-electron chi connectivity index (χ4n) is 3.36. The number of nitrogens with zero attached hydrogens (tertiary/aromatic N) is 2. The van der Waals surface area contributed by atoms with Gasteiger partial charge in [0, 0.05) is 24.9 Å². The highest BCUT2D eigenvalue weighted by atomic mass is 32.2. The van der Waals surface area contributed by atoms with Crippen molar-refractivity contribution in [3.8, 4) is 5.75 Å². The molecule has 3 aromatic carbocycles. The molecule has 1 aliphatic rings. The van der Waals surface area contributed by atoms with E-state index < -0.39 is 10.0 Å². The van der Waals surface area contributed by atoms with Crippen LogP contribution < -0.4 is 0 Å². The SMILES string of the molecule is O=S(=O)(c1ccc(CN=Cc2c(O)ccc3ccccc23)cc1)N1CCOCC1. The number of aromatic hydroxyl groups is 1. The molecule has 150 valence electrons. The second-order valence-corrected chi connectivity index (χ2v) is 8.79. The van der Waals surface area contributed by atoms with E-state index in [0.717, 1.165) is 16.3 Å². The Bertz CT molecular complexity index is 1140. The minimum absolute atomic E-state index is 0.180. The fraction of sp³-hybridized carbons (Fsp3) is 0.227. The standard InChI is InChI=1S/C22H22N2O4S/c25-22-10-7-18-3-1-2-4-20(18)21(22)16-23-15-17-5-8-19(9-6-17)29(26,27)24-11-13-28-14-12-24/h1-10,16,25H,11-15H2. The maximum atomic E-state index is 12.7. The fourth-order valence-corrected chi connectivity index (χ4v) is 4.77. The molecule has 1 heterocycles. The summed E-state index contributed by atoms with van der Waals surface area (Å²) in [6, 6.07) is 18.1. The Labute approximate surface area is 170 Å². The molecule has 0 radical (unpaired) electrons. The summed E-state index contributed by atoms with van der Waals surface area (Å²) in [7, 11) is -3.49. The average molecular weight is 410 g/mol. The summed E-state index contributed by atoms with van der Waals surface area (Å²) in [5.74, 6) is 0.180. The monoisotopic (exact) mass is 410 g/mol. The molecule has 1 saturated heterocycles. The van der Waals surface area contributed by atoms with Crippen molar-refractivity contribution in [1.82, 2.24) is 4.31 Å². The second-order valence-electron chi connectivity index (χ2n) is 6.85. The molecule has 4 rings (SSSR count). The highest BCUT2D eigenvalue weighted by Gasteiger charge is 2.25. The summed E-state index contributed by atoms with van der Waals surface area (Å²) in [5.41, 5.74) is 1.57. The smallest absolute Gasteiger partial charge is 0.243 e. The van der Waals surface area contributed by atoms with Crippen molar-refractivity contribution in [2.24, 2.45) is 4.99 Å². The number of sulfonamides is 1. The lowest BCUT2D eigenvalue weighted by atomic mass is 10.0. The van der Waals surface area contributed by atoms with Gasteiger partial charge in [-0.25, -0.2) is 8.42 Å². The molecule has 1 N–H and O–H groups in total. The van der Waals surface area contributed by atoms with Gasteiger partial charge in [-0.3, -0.25) is 4.99 Å². The van der Waals surface area contributed by atoms with Crippen molar-refractivity contribution in [3.05, 3.63) is 71.8 Å². The first kappa shape index (κ1) is 19.6. The molecule has 1 aliphatic heterocycles. The van der Waals surface area contributed by atoms with Crippen molar-refractivity contribution in [2.75, 3.05) is 26.3 Å². The summed E-state index contributed by atoms with van der Waals surface area (Å²) in [5, 5.41) is 12.1. The minimum atomic E-state index is -3.49. The van der Waals surface area contributed by atoms with Gasteiger partial charge in [-0.1, -0.05) is 42.5 Å². The zero-order valence-corrected chi connectivity index (χ0v) is 16.7. The molecule has 1 fully saturated rings. The highest BCUT2D eigenvalue weighted by Crippen LogP contribution is 2.25. The molecule has 0 saturated carbocycles. The van der Waals surface area contributed by atoms with Crippen molar-refractivity contribution >= 4 is 27.0 Å². The van der Waals surface area contributed by atoms with Crippen LogP contribution in [0.15, 0.2) is 70.6 Å². The first-order valence-corrected chi connectivity index (χ1v) is 10.9. The average Bonchev–Trinajstić information content (AvgIpc) is 2.76. The largest absolute Gasteiger partial charge is 0.507 e. The van der Waals surface area contributed by atoms with Gasteiger partial charge >= 0.3 is 0 Å². The normalized spacial score (nSPS) is 15.9. The third-order valence-corrected chi connectivity index (χ3v) is 6.89. The quantitative estimate of drug-likeness (QED) is 0.655. The predicted octanol–water partition coefficient (Wildman–Crippen LogP) is 3.19. The lowest BCUT2D eigenvalue weighted by Gasteiger charge is -2.26. The lowest BCUT2D eigenvalue weighted by molar-refractivity contribution is 0.0730. The van der Waals surface area contributed by atoms with Crippen LogP contribution in [-0.4, -0.2) is 50.3 Å². The van der Waals surface area contributed by atoms with Crippen LogP contribution >= 0.6 is 0 Å². The van der Waals surface area contributed by atoms with Gasteiger partial charge in [0.2, 0.25) is 10.0 Å². The van der Waals surface area contributed by atoms with Gasteiger partial charge in [0.25, 0.3) is 0 Å². The Morgan fingerprint density at radius 1 is 1.00 bits per heavy atom. The predicted molar refractivity (Wildman–Crippen MR) is 113 cm³/mol. The number of phenols is 1. The number of phenolic OH excluding ortho intramolecular Hbond substituents is 1. The summed E-state index contributed by atoms with van der Waals surface area (Å²) in [4.78, 5) is 4.72. The third-order valence-electron chi connectivity index (χ3n) is 4.97. The van der Waals surface area contributed by atoms with Crippen LogP contribution in [0.2, 0.25) is 0 Å².